The van der Waals surface area contributed by atoms with Gasteiger partial charge in [0.1, 0.15) is 0 Å². The Hall–Kier alpha value is -15.7. The molecular formula is C130H113N16Rh4-7. The maximum Gasteiger partial charge on any atom is 3.00 e. The van der Waals surface area contributed by atoms with Gasteiger partial charge in [-0.2, -0.15) is 245 Å². The molecule has 756 valence electrons. The van der Waals surface area contributed by atoms with Crippen molar-refractivity contribution < 1.29 is 82.5 Å². The van der Waals surface area contributed by atoms with Gasteiger partial charge in [0.25, 0.3) is 0 Å². The monoisotopic (exact) mass is 2310 g/mol. The summed E-state index contributed by atoms with van der Waals surface area (Å²) in [6.07, 6.45) is 20.8. The number of allylic oxidation sites excluding steroid dienone is 2. The van der Waals surface area contributed by atoms with Gasteiger partial charge in [-0.1, -0.05) is 224 Å². The number of hydrogen-bond donors (Lipinski definition) is 0. The zero-order valence-electron chi connectivity index (χ0n) is 84.9. The van der Waals surface area contributed by atoms with Crippen molar-refractivity contribution in [2.24, 2.45) is 14.1 Å². The molecule has 20 heteroatoms. The second-order valence-corrected chi connectivity index (χ2v) is 34.8. The van der Waals surface area contributed by atoms with Crippen LogP contribution < -0.4 is 29.1 Å². The van der Waals surface area contributed by atoms with Gasteiger partial charge in [0.15, 0.2) is 0 Å². The molecule has 16 nitrogen and oxygen atoms in total. The van der Waals surface area contributed by atoms with Crippen molar-refractivity contribution >= 4 is 51.2 Å². The molecule has 0 fully saturated rings. The topological polar surface area (TPSA) is 76.9 Å². The number of aryl methyl sites for hydroxylation is 3. The van der Waals surface area contributed by atoms with Crippen molar-refractivity contribution in [2.75, 3.05) is 59.7 Å². The largest absolute Gasteiger partial charge is 3.00 e. The van der Waals surface area contributed by atoms with E-state index < -0.39 is 0 Å². The molecule has 0 unspecified atom stereocenters. The van der Waals surface area contributed by atoms with E-state index in [2.05, 4.69) is 411 Å². The van der Waals surface area contributed by atoms with Gasteiger partial charge in [-0.05, 0) is 159 Å². The summed E-state index contributed by atoms with van der Waals surface area (Å²) in [5.41, 5.74) is 31.4. The van der Waals surface area contributed by atoms with Crippen LogP contribution in [0.3, 0.4) is 0 Å². The van der Waals surface area contributed by atoms with Crippen LogP contribution in [0.5, 0.6) is 0 Å². The van der Waals surface area contributed by atoms with Gasteiger partial charge in [-0.3, -0.25) is 9.67 Å². The Morgan fingerprint density at radius 3 is 0.907 bits per heavy atom. The summed E-state index contributed by atoms with van der Waals surface area (Å²) in [5, 5.41) is 4.07. The summed E-state index contributed by atoms with van der Waals surface area (Å²) in [6, 6.07) is 168. The second kappa shape index (κ2) is 55.9. The number of para-hydroxylation sites is 7. The van der Waals surface area contributed by atoms with Gasteiger partial charge < -0.3 is 62.7 Å². The van der Waals surface area contributed by atoms with E-state index in [1.807, 2.05) is 282 Å². The molecule has 0 atom stereocenters. The molecule has 0 saturated heterocycles. The molecule has 19 aromatic rings. The van der Waals surface area contributed by atoms with E-state index in [0.29, 0.717) is 0 Å². The van der Waals surface area contributed by atoms with Crippen molar-refractivity contribution in [1.82, 2.24) is 48.4 Å². The standard InChI is InChI=1S/2C23H20N2.2C22H18N2.C11H11N2.C10H10N2.C10H9N2.C9H7N2.4Rh/c2*1-18-23(24(2)17-25(18)22-11-7-4-8-12-22)21-15-13-20(14-16-21)19-9-5-3-6-10-19;2*1-23-17-24(21-10-6-3-7-11-21)16-22(23)20-14-12-19(13-15-20)18-8-4-2-5-9-18;1-10-8-12(2)9-13(10)11-6-4-3-5-7-11;1-11-7-8-12(9-11)10-5-3-2-4-6-10;1-12-8-7-11-10(12)9-5-3-2-4-6-9;1-2-5-9(6-3-1)11-8-4-7-10-11;;;;/h2*3-11,13-17H,1-2H3;2*2-10,12-17H,1H3;3-6,8H,1-2H3;2-5,7-9H,1H3;2-5,7-8H,1H3;1-5,7-8H;;;;/q4*-2;-1;-2;2*-1;;;2*+3. The molecule has 0 amide bonds. The SMILES string of the molecule is CC1=C(c2ccc(-c3ccccc3)cc2)N(C)[CH-]N1c1[c-]cccc1.CC1=C(c2ccc(-c3ccccc3)cc2)N(C)[CH-]N1c1[c-]cccc1.CN1C=CN(c2[c-]cccc2)[CH-]1.CN1[CH-]N(c2[c-]cccc2)C=C1c1ccc(-c2ccccc2)cc1.CN1[CH-]N(c2[c-]cccc2)C=C1c1ccc(-c2ccccc2)cc1.Cc1c[n+](C)[c-]n1-c1[c-]cccc1.Cn1ccnc1-c1[c-]cccc1.[Rh+3].[Rh+3].[Rh].[Rh].[c-]1ccccc1-n1cccn1. The van der Waals surface area contributed by atoms with Gasteiger partial charge >= 0.3 is 39.0 Å². The van der Waals surface area contributed by atoms with Gasteiger partial charge in [-0.25, -0.2) is 0 Å². The van der Waals surface area contributed by atoms with E-state index in [0.717, 1.165) is 56.9 Å². The summed E-state index contributed by atoms with van der Waals surface area (Å²) in [7, 11) is 14.3. The van der Waals surface area contributed by atoms with E-state index in [9.17, 15) is 0 Å². The van der Waals surface area contributed by atoms with Crippen LogP contribution in [0.1, 0.15) is 41.8 Å². The fourth-order valence-electron chi connectivity index (χ4n) is 17.1. The van der Waals surface area contributed by atoms with E-state index in [1.54, 1.807) is 17.1 Å². The maximum absolute atomic E-state index is 4.22. The Balaban J connectivity index is 0.000000145. The molecule has 5 aliphatic heterocycles. The summed E-state index contributed by atoms with van der Waals surface area (Å²) in [5.74, 6) is 0.954. The van der Waals surface area contributed by atoms with Gasteiger partial charge in [0.05, 0.1) is 12.9 Å². The Kier molecular flexibility index (Phi) is 41.6. The molecule has 8 heterocycles. The first kappa shape index (κ1) is 112. The molecule has 0 bridgehead atoms. The van der Waals surface area contributed by atoms with E-state index in [4.69, 9.17) is 0 Å². The van der Waals surface area contributed by atoms with Gasteiger partial charge in [0, 0.05) is 117 Å². The van der Waals surface area contributed by atoms with Crippen LogP contribution in [0.15, 0.2) is 486 Å². The van der Waals surface area contributed by atoms with Gasteiger partial charge in [-0.15, -0.1) is 70.4 Å². The number of hydrogen-bond acceptors (Lipinski definition) is 12. The molecule has 0 aliphatic carbocycles. The number of nitrogens with zero attached hydrogens (tertiary/aromatic N) is 16. The van der Waals surface area contributed by atoms with Crippen LogP contribution in [-0.4, -0.2) is 83.6 Å². The summed E-state index contributed by atoms with van der Waals surface area (Å²) in [6.45, 7) is 16.7. The number of anilines is 5. The molecule has 24 rings (SSSR count). The summed E-state index contributed by atoms with van der Waals surface area (Å²) in [4.78, 5) is 25.4. The molecule has 0 saturated carbocycles. The third kappa shape index (κ3) is 29.5. The van der Waals surface area contributed by atoms with Crippen LogP contribution in [-0.2, 0) is 92.0 Å². The van der Waals surface area contributed by atoms with Crippen LogP contribution in [0.4, 0.5) is 28.4 Å². The Morgan fingerprint density at radius 2 is 0.600 bits per heavy atom. The first-order chi connectivity index (χ1) is 71.6. The zero-order valence-corrected chi connectivity index (χ0v) is 91.5. The minimum atomic E-state index is 0. The molecule has 3 aromatic heterocycles. The predicted molar refractivity (Wildman–Crippen MR) is 596 cm³/mol. The van der Waals surface area contributed by atoms with Crippen LogP contribution in [0, 0.1) is 95.1 Å². The maximum atomic E-state index is 4.22. The third-order valence-corrected chi connectivity index (χ3v) is 24.4. The van der Waals surface area contributed by atoms with E-state index in [1.165, 1.54) is 101 Å². The van der Waals surface area contributed by atoms with Crippen molar-refractivity contribution in [2.45, 2.75) is 20.8 Å². The first-order valence-electron chi connectivity index (χ1n) is 48.3. The Morgan fingerprint density at radius 1 is 0.280 bits per heavy atom. The minimum Gasteiger partial charge on any atom is -0.510 e. The number of imidazole rings is 2. The number of aromatic nitrogens is 6. The average molecular weight is 2310 g/mol. The van der Waals surface area contributed by atoms with Gasteiger partial charge in [0.2, 0.25) is 6.33 Å². The summed E-state index contributed by atoms with van der Waals surface area (Å²) >= 11 is 0. The molecule has 2 radical (unpaired) electrons. The van der Waals surface area contributed by atoms with Crippen LogP contribution in [0.25, 0.3) is 90.1 Å². The quantitative estimate of drug-likeness (QED) is 0.0525. The Bertz CT molecular complexity index is 7110. The molecular weight excluding hydrogens is 2200 g/mol. The molecule has 0 spiro atoms. The van der Waals surface area contributed by atoms with Crippen molar-refractivity contribution in [3.05, 3.63) is 602 Å². The fraction of sp³-hybridized carbons (Fsp3) is 0.0769. The fourth-order valence-corrected chi connectivity index (χ4v) is 17.1. The van der Waals surface area contributed by atoms with Crippen molar-refractivity contribution in [3.63, 3.8) is 0 Å². The first-order valence-corrected chi connectivity index (χ1v) is 48.3. The van der Waals surface area contributed by atoms with E-state index in [-0.39, 0.29) is 77.9 Å². The normalized spacial score (nSPS) is 12.9. The Labute approximate surface area is 937 Å². The van der Waals surface area contributed by atoms with Crippen LogP contribution >= 0.6 is 0 Å². The smallest absolute Gasteiger partial charge is 0.510 e. The number of benzene rings is 16. The zero-order chi connectivity index (χ0) is 101. The van der Waals surface area contributed by atoms with Crippen molar-refractivity contribution in [1.29, 1.82) is 0 Å². The van der Waals surface area contributed by atoms with Crippen molar-refractivity contribution in [3.8, 4) is 67.3 Å². The summed E-state index contributed by atoms with van der Waals surface area (Å²) < 4.78 is 7.65. The molecule has 5 aliphatic rings. The van der Waals surface area contributed by atoms with E-state index >= 15 is 0 Å². The predicted octanol–water partition coefficient (Wildman–Crippen LogP) is 27.5. The molecule has 150 heavy (non-hydrogen) atoms. The van der Waals surface area contributed by atoms with Crippen LogP contribution in [0.2, 0.25) is 0 Å². The molecule has 0 N–H and O–H groups in total. The third-order valence-electron chi connectivity index (χ3n) is 24.4. The second-order valence-electron chi connectivity index (χ2n) is 34.8. The average Bonchev–Trinajstić information content (AvgIpc) is 1.63. The molecule has 16 aromatic carbocycles. The number of rotatable bonds is 16. The minimum absolute atomic E-state index is 0.